The fraction of sp³-hybridized carbons (Fsp3) is 0.435. The molecule has 2 aromatic rings. The van der Waals surface area contributed by atoms with Gasteiger partial charge in [0.2, 0.25) is 5.78 Å². The number of hydrogen-bond donors (Lipinski definition) is 1. The lowest BCUT2D eigenvalue weighted by atomic mass is 9.94. The summed E-state index contributed by atoms with van der Waals surface area (Å²) in [7, 11) is 0. The molecule has 0 aliphatic carbocycles. The molecule has 6 nitrogen and oxygen atoms in total. The van der Waals surface area contributed by atoms with Crippen LogP contribution in [0.25, 0.3) is 0 Å². The van der Waals surface area contributed by atoms with Crippen LogP contribution in [0.4, 0.5) is 4.39 Å². The van der Waals surface area contributed by atoms with Gasteiger partial charge in [0.1, 0.15) is 5.82 Å². The van der Waals surface area contributed by atoms with Crippen LogP contribution in [-0.2, 0) is 4.79 Å². The number of carbonyl (C=O) groups is 2. The molecule has 8 heteroatoms. The summed E-state index contributed by atoms with van der Waals surface area (Å²) in [5, 5.41) is 11.4. The number of aliphatic hydroxyl groups excluding tert-OH is 1. The molecule has 1 N–H and O–H groups in total. The molecule has 1 aromatic carbocycles. The normalized spacial score (nSPS) is 16.6. The highest BCUT2D eigenvalue weighted by Crippen LogP contribution is 2.41. The zero-order valence-electron chi connectivity index (χ0n) is 18.3. The highest BCUT2D eigenvalue weighted by atomic mass is 32.1. The van der Waals surface area contributed by atoms with Gasteiger partial charge in [-0.3, -0.25) is 9.59 Å². The van der Waals surface area contributed by atoms with E-state index in [4.69, 9.17) is 0 Å². The number of halogens is 1. The molecule has 0 radical (unpaired) electrons. The molecule has 0 bridgehead atoms. The van der Waals surface area contributed by atoms with Gasteiger partial charge in [-0.1, -0.05) is 32.0 Å². The summed E-state index contributed by atoms with van der Waals surface area (Å²) in [4.78, 5) is 34.6. The van der Waals surface area contributed by atoms with Crippen LogP contribution < -0.4 is 0 Å². The molecule has 0 spiro atoms. The van der Waals surface area contributed by atoms with E-state index in [1.54, 1.807) is 32.0 Å². The first-order valence-electron chi connectivity index (χ1n) is 10.5. The lowest BCUT2D eigenvalue weighted by Gasteiger charge is -2.28. The number of aliphatic hydroxyl groups is 1. The monoisotopic (exact) mass is 445 g/mol. The number of aromatic nitrogens is 1. The molecular formula is C23H28FN3O3S. The Balaban J connectivity index is 2.00. The fourth-order valence-corrected chi connectivity index (χ4v) is 4.88. The Morgan fingerprint density at radius 3 is 2.52 bits per heavy atom. The van der Waals surface area contributed by atoms with E-state index in [-0.39, 0.29) is 11.1 Å². The lowest BCUT2D eigenvalue weighted by molar-refractivity contribution is -0.129. The van der Waals surface area contributed by atoms with Gasteiger partial charge >= 0.3 is 0 Å². The zero-order chi connectivity index (χ0) is 22.7. The van der Waals surface area contributed by atoms with Gasteiger partial charge in [-0.15, -0.1) is 11.3 Å². The summed E-state index contributed by atoms with van der Waals surface area (Å²) in [6.07, 6.45) is 0.645. The van der Waals surface area contributed by atoms with Crippen LogP contribution >= 0.6 is 11.3 Å². The molecule has 1 aliphatic heterocycles. The number of thiazole rings is 1. The van der Waals surface area contributed by atoms with Crippen molar-refractivity contribution in [1.82, 2.24) is 14.8 Å². The van der Waals surface area contributed by atoms with Gasteiger partial charge in [-0.05, 0) is 46.0 Å². The standard InChI is InChI=1S/C23H28FN3O3S/c1-5-26(6-2)12-9-13-27-19(16-10-7-8-11-17(16)24)18(21(29)23(27)30)20(28)22-14(3)25-15(4)31-22/h7-8,10-11,19,29H,5-6,9,12-13H2,1-4H3/t19-/m0/s1. The SMILES string of the molecule is CCN(CC)CCCN1C(=O)C(O)=C(C(=O)c2sc(C)nc2C)[C@@H]1c1ccccc1F. The molecular weight excluding hydrogens is 417 g/mol. The zero-order valence-corrected chi connectivity index (χ0v) is 19.1. The van der Waals surface area contributed by atoms with Gasteiger partial charge in [0.25, 0.3) is 5.91 Å². The summed E-state index contributed by atoms with van der Waals surface area (Å²) in [5.41, 5.74) is 0.655. The number of nitrogens with zero attached hydrogens (tertiary/aromatic N) is 3. The molecule has 0 fully saturated rings. The van der Waals surface area contributed by atoms with E-state index >= 15 is 0 Å². The van der Waals surface area contributed by atoms with E-state index in [2.05, 4.69) is 23.7 Å². The van der Waals surface area contributed by atoms with E-state index in [0.29, 0.717) is 28.5 Å². The minimum Gasteiger partial charge on any atom is -0.503 e. The Labute approximate surface area is 186 Å². The third-order valence-electron chi connectivity index (χ3n) is 5.63. The quantitative estimate of drug-likeness (QED) is 0.586. The second-order valence-corrected chi connectivity index (χ2v) is 8.75. The highest BCUT2D eigenvalue weighted by Gasteiger charge is 2.45. The van der Waals surface area contributed by atoms with Crippen molar-refractivity contribution in [2.75, 3.05) is 26.2 Å². The smallest absolute Gasteiger partial charge is 0.290 e. The van der Waals surface area contributed by atoms with Crippen molar-refractivity contribution in [2.24, 2.45) is 0 Å². The fourth-order valence-electron chi connectivity index (χ4n) is 4.01. The third kappa shape index (κ3) is 4.55. The van der Waals surface area contributed by atoms with Crippen LogP contribution in [0.1, 0.15) is 52.2 Å². The number of ketones is 1. The molecule has 2 heterocycles. The average molecular weight is 446 g/mol. The van der Waals surface area contributed by atoms with E-state index in [0.717, 1.165) is 19.6 Å². The summed E-state index contributed by atoms with van der Waals surface area (Å²) in [6, 6.07) is 5.10. The van der Waals surface area contributed by atoms with Crippen LogP contribution in [0, 0.1) is 19.7 Å². The lowest BCUT2D eigenvalue weighted by Crippen LogP contribution is -2.35. The van der Waals surface area contributed by atoms with E-state index in [9.17, 15) is 19.1 Å². The summed E-state index contributed by atoms with van der Waals surface area (Å²) in [6.45, 7) is 10.5. The van der Waals surface area contributed by atoms with Crippen LogP contribution in [0.2, 0.25) is 0 Å². The molecule has 0 saturated carbocycles. The van der Waals surface area contributed by atoms with Crippen LogP contribution in [0.5, 0.6) is 0 Å². The number of rotatable bonds is 9. The van der Waals surface area contributed by atoms with Crippen molar-refractivity contribution in [2.45, 2.75) is 40.2 Å². The maximum atomic E-state index is 14.8. The van der Waals surface area contributed by atoms with Gasteiger partial charge in [0.05, 0.1) is 27.2 Å². The number of amides is 1. The molecule has 1 aromatic heterocycles. The number of benzene rings is 1. The molecule has 31 heavy (non-hydrogen) atoms. The molecule has 0 unspecified atom stereocenters. The molecule has 166 valence electrons. The first-order valence-corrected chi connectivity index (χ1v) is 11.3. The van der Waals surface area contributed by atoms with Gasteiger partial charge < -0.3 is 14.9 Å². The largest absolute Gasteiger partial charge is 0.503 e. The van der Waals surface area contributed by atoms with Crippen molar-refractivity contribution in [3.63, 3.8) is 0 Å². The van der Waals surface area contributed by atoms with Crippen LogP contribution in [0.3, 0.4) is 0 Å². The second kappa shape index (κ2) is 9.70. The van der Waals surface area contributed by atoms with Crippen molar-refractivity contribution in [3.05, 3.63) is 62.6 Å². The first-order chi connectivity index (χ1) is 14.8. The predicted molar refractivity (Wildman–Crippen MR) is 119 cm³/mol. The minimum absolute atomic E-state index is 0.0790. The Hall–Kier alpha value is -2.58. The Bertz CT molecular complexity index is 1010. The maximum absolute atomic E-state index is 14.8. The van der Waals surface area contributed by atoms with Crippen LogP contribution in [-0.4, -0.2) is 57.8 Å². The van der Waals surface area contributed by atoms with Gasteiger partial charge in [-0.2, -0.15) is 0 Å². The molecule has 1 atom stereocenters. The molecule has 0 saturated heterocycles. The Morgan fingerprint density at radius 2 is 1.94 bits per heavy atom. The number of aryl methyl sites for hydroxylation is 2. The van der Waals surface area contributed by atoms with Crippen molar-refractivity contribution >= 4 is 23.0 Å². The number of Topliss-reactive ketones (excluding diaryl/α,β-unsaturated/α-hetero) is 1. The molecule has 1 aliphatic rings. The number of hydrogen-bond acceptors (Lipinski definition) is 6. The third-order valence-corrected chi connectivity index (χ3v) is 6.70. The summed E-state index contributed by atoms with van der Waals surface area (Å²) < 4.78 is 14.8. The maximum Gasteiger partial charge on any atom is 0.290 e. The van der Waals surface area contributed by atoms with Crippen molar-refractivity contribution in [3.8, 4) is 0 Å². The summed E-state index contributed by atoms with van der Waals surface area (Å²) in [5.74, 6) is -2.25. The van der Waals surface area contributed by atoms with Crippen molar-refractivity contribution in [1.29, 1.82) is 0 Å². The highest BCUT2D eigenvalue weighted by molar-refractivity contribution is 7.14. The van der Waals surface area contributed by atoms with E-state index in [1.165, 1.54) is 22.3 Å². The van der Waals surface area contributed by atoms with Crippen LogP contribution in [0.15, 0.2) is 35.6 Å². The first kappa shape index (κ1) is 23.1. The van der Waals surface area contributed by atoms with Gasteiger partial charge in [-0.25, -0.2) is 9.37 Å². The van der Waals surface area contributed by atoms with E-state index < -0.39 is 29.3 Å². The second-order valence-electron chi connectivity index (χ2n) is 7.54. The van der Waals surface area contributed by atoms with Gasteiger partial charge in [0.15, 0.2) is 5.76 Å². The molecule has 1 amide bonds. The predicted octanol–water partition coefficient (Wildman–Crippen LogP) is 4.21. The molecule has 3 rings (SSSR count). The number of carbonyl (C=O) groups excluding carboxylic acids is 2. The Morgan fingerprint density at radius 1 is 1.26 bits per heavy atom. The topological polar surface area (TPSA) is 73.7 Å². The van der Waals surface area contributed by atoms with Gasteiger partial charge in [0, 0.05) is 12.1 Å². The van der Waals surface area contributed by atoms with Crippen molar-refractivity contribution < 1.29 is 19.1 Å². The average Bonchev–Trinajstić information content (AvgIpc) is 3.21. The summed E-state index contributed by atoms with van der Waals surface area (Å²) >= 11 is 1.21. The Kier molecular flexibility index (Phi) is 7.23. The van der Waals surface area contributed by atoms with E-state index in [1.807, 2.05) is 0 Å². The minimum atomic E-state index is -0.972.